The maximum atomic E-state index is 13.0. The van der Waals surface area contributed by atoms with Gasteiger partial charge in [-0.15, -0.1) is 0 Å². The molecule has 0 saturated carbocycles. The van der Waals surface area contributed by atoms with Gasteiger partial charge in [-0.05, 0) is 73.7 Å². The Morgan fingerprint density at radius 1 is 1.11 bits per heavy atom. The van der Waals surface area contributed by atoms with E-state index in [1.54, 1.807) is 24.3 Å². The molecule has 5 heteroatoms. The number of hydrogen-bond donors (Lipinski definition) is 2. The van der Waals surface area contributed by atoms with Gasteiger partial charge in [0, 0.05) is 25.3 Å². The predicted octanol–water partition coefficient (Wildman–Crippen LogP) is 3.32. The van der Waals surface area contributed by atoms with Crippen LogP contribution in [0, 0.1) is 11.7 Å². The molecule has 4 nitrogen and oxygen atoms in total. The minimum atomic E-state index is -0.258. The summed E-state index contributed by atoms with van der Waals surface area (Å²) < 4.78 is 13.0. The normalized spacial score (nSPS) is 17.6. The van der Waals surface area contributed by atoms with Crippen LogP contribution in [0.3, 0.4) is 0 Å². The third-order valence-corrected chi connectivity index (χ3v) is 5.12. The number of aliphatic hydroxyl groups excluding tert-OH is 1. The number of hydrogen-bond acceptors (Lipinski definition) is 3. The van der Waals surface area contributed by atoms with Gasteiger partial charge >= 0.3 is 0 Å². The first kappa shape index (κ1) is 19.5. The fourth-order valence-corrected chi connectivity index (χ4v) is 3.57. The number of benzene rings is 2. The summed E-state index contributed by atoms with van der Waals surface area (Å²) in [5.41, 5.74) is 2.50. The number of carbonyl (C=O) groups is 1. The van der Waals surface area contributed by atoms with E-state index in [9.17, 15) is 14.3 Å². The van der Waals surface area contributed by atoms with Gasteiger partial charge in [-0.1, -0.05) is 24.3 Å². The second-order valence-corrected chi connectivity index (χ2v) is 7.19. The van der Waals surface area contributed by atoms with Crippen LogP contribution in [0.5, 0.6) is 0 Å². The van der Waals surface area contributed by atoms with Gasteiger partial charge in [0.05, 0.1) is 0 Å². The first-order chi connectivity index (χ1) is 13.2. The Balaban J connectivity index is 1.43. The summed E-state index contributed by atoms with van der Waals surface area (Å²) in [5, 5.41) is 12.2. The fraction of sp³-hybridized carbons (Fsp3) is 0.409. The molecule has 1 aliphatic heterocycles. The Morgan fingerprint density at radius 2 is 1.78 bits per heavy atom. The van der Waals surface area contributed by atoms with Crippen molar-refractivity contribution in [1.29, 1.82) is 0 Å². The minimum absolute atomic E-state index is 0.0764. The van der Waals surface area contributed by atoms with Crippen molar-refractivity contribution in [3.8, 4) is 11.1 Å². The van der Waals surface area contributed by atoms with Crippen LogP contribution in [0.4, 0.5) is 4.39 Å². The number of rotatable bonds is 7. The molecule has 2 aromatic rings. The molecule has 2 aromatic carbocycles. The van der Waals surface area contributed by atoms with Crippen molar-refractivity contribution in [3.05, 3.63) is 59.9 Å². The number of piperidine rings is 1. The fourth-order valence-electron chi connectivity index (χ4n) is 3.57. The Kier molecular flexibility index (Phi) is 6.96. The molecule has 0 aromatic heterocycles. The van der Waals surface area contributed by atoms with Crippen molar-refractivity contribution in [2.24, 2.45) is 5.92 Å². The largest absolute Gasteiger partial charge is 0.396 e. The van der Waals surface area contributed by atoms with Crippen molar-refractivity contribution < 1.29 is 14.3 Å². The monoisotopic (exact) mass is 370 g/mol. The summed E-state index contributed by atoms with van der Waals surface area (Å²) in [4.78, 5) is 14.6. The zero-order valence-electron chi connectivity index (χ0n) is 15.5. The molecule has 1 amide bonds. The molecule has 0 unspecified atom stereocenters. The molecule has 1 atom stereocenters. The SMILES string of the molecule is O=C(NCCCN1CCC[C@@H](CO)C1)c1ccc(-c2ccc(F)cc2)cc1. The summed E-state index contributed by atoms with van der Waals surface area (Å²) in [6.07, 6.45) is 3.15. The van der Waals surface area contributed by atoms with Crippen LogP contribution in [0.2, 0.25) is 0 Å². The Bertz CT molecular complexity index is 731. The van der Waals surface area contributed by atoms with Crippen LogP contribution in [0.15, 0.2) is 48.5 Å². The van der Waals surface area contributed by atoms with Crippen LogP contribution in [-0.4, -0.2) is 48.7 Å². The average Bonchev–Trinajstić information content (AvgIpc) is 2.72. The predicted molar refractivity (Wildman–Crippen MR) is 105 cm³/mol. The van der Waals surface area contributed by atoms with Crippen LogP contribution in [0.25, 0.3) is 11.1 Å². The van der Waals surface area contributed by atoms with Crippen LogP contribution >= 0.6 is 0 Å². The Labute approximate surface area is 160 Å². The summed E-state index contributed by atoms with van der Waals surface area (Å²) in [7, 11) is 0. The highest BCUT2D eigenvalue weighted by Crippen LogP contribution is 2.20. The number of halogens is 1. The van der Waals surface area contributed by atoms with Crippen molar-refractivity contribution in [2.45, 2.75) is 19.3 Å². The molecule has 0 radical (unpaired) electrons. The quantitative estimate of drug-likeness (QED) is 0.735. The lowest BCUT2D eigenvalue weighted by Crippen LogP contribution is -2.38. The molecule has 1 aliphatic rings. The highest BCUT2D eigenvalue weighted by atomic mass is 19.1. The number of likely N-dealkylation sites (tertiary alicyclic amines) is 1. The van der Waals surface area contributed by atoms with Gasteiger partial charge in [-0.2, -0.15) is 0 Å². The zero-order chi connectivity index (χ0) is 19.1. The highest BCUT2D eigenvalue weighted by molar-refractivity contribution is 5.94. The summed E-state index contributed by atoms with van der Waals surface area (Å²) in [5.74, 6) is 0.0617. The topological polar surface area (TPSA) is 52.6 Å². The van der Waals surface area contributed by atoms with E-state index in [4.69, 9.17) is 0 Å². The number of aliphatic hydroxyl groups is 1. The second-order valence-electron chi connectivity index (χ2n) is 7.19. The molecule has 1 heterocycles. The van der Waals surface area contributed by atoms with E-state index in [2.05, 4.69) is 10.2 Å². The van der Waals surface area contributed by atoms with Gasteiger partial charge in [-0.3, -0.25) is 4.79 Å². The molecule has 0 aliphatic carbocycles. The lowest BCUT2D eigenvalue weighted by Gasteiger charge is -2.31. The van der Waals surface area contributed by atoms with Gasteiger partial charge < -0.3 is 15.3 Å². The summed E-state index contributed by atoms with van der Waals surface area (Å²) >= 11 is 0. The molecular formula is C22H27FN2O2. The van der Waals surface area contributed by atoms with Crippen LogP contribution in [0.1, 0.15) is 29.6 Å². The van der Waals surface area contributed by atoms with Gasteiger partial charge in [-0.25, -0.2) is 4.39 Å². The molecule has 3 rings (SSSR count). The lowest BCUT2D eigenvalue weighted by molar-refractivity contribution is 0.0946. The average molecular weight is 370 g/mol. The number of carbonyl (C=O) groups excluding carboxylic acids is 1. The van der Waals surface area contributed by atoms with E-state index in [1.807, 2.05) is 12.1 Å². The van der Waals surface area contributed by atoms with Crippen LogP contribution < -0.4 is 5.32 Å². The molecule has 2 N–H and O–H groups in total. The van der Waals surface area contributed by atoms with E-state index in [1.165, 1.54) is 12.1 Å². The van der Waals surface area contributed by atoms with E-state index < -0.39 is 0 Å². The molecule has 1 fully saturated rings. The van der Waals surface area contributed by atoms with Crippen molar-refractivity contribution in [1.82, 2.24) is 10.2 Å². The molecular weight excluding hydrogens is 343 g/mol. The Morgan fingerprint density at radius 3 is 2.44 bits per heavy atom. The van der Waals surface area contributed by atoms with E-state index in [0.29, 0.717) is 18.0 Å². The number of nitrogens with one attached hydrogen (secondary N) is 1. The maximum Gasteiger partial charge on any atom is 0.251 e. The van der Waals surface area contributed by atoms with E-state index in [-0.39, 0.29) is 18.3 Å². The zero-order valence-corrected chi connectivity index (χ0v) is 15.5. The third-order valence-electron chi connectivity index (χ3n) is 5.12. The summed E-state index contributed by atoms with van der Waals surface area (Å²) in [6, 6.07) is 13.7. The van der Waals surface area contributed by atoms with Crippen molar-refractivity contribution in [3.63, 3.8) is 0 Å². The standard InChI is InChI=1S/C22H27FN2O2/c23-21-10-8-19(9-11-21)18-4-6-20(7-5-18)22(27)24-12-2-14-25-13-1-3-17(15-25)16-26/h4-11,17,26H,1-3,12-16H2,(H,24,27)/t17-/m1/s1. The maximum absolute atomic E-state index is 13.0. The van der Waals surface area contributed by atoms with Gasteiger partial charge in [0.2, 0.25) is 0 Å². The number of nitrogens with zero attached hydrogens (tertiary/aromatic N) is 1. The minimum Gasteiger partial charge on any atom is -0.396 e. The molecule has 0 bridgehead atoms. The van der Waals surface area contributed by atoms with E-state index >= 15 is 0 Å². The first-order valence-electron chi connectivity index (χ1n) is 9.63. The molecule has 27 heavy (non-hydrogen) atoms. The molecule has 1 saturated heterocycles. The van der Waals surface area contributed by atoms with Gasteiger partial charge in [0.15, 0.2) is 0 Å². The van der Waals surface area contributed by atoms with Gasteiger partial charge in [0.25, 0.3) is 5.91 Å². The van der Waals surface area contributed by atoms with E-state index in [0.717, 1.165) is 50.0 Å². The second kappa shape index (κ2) is 9.62. The lowest BCUT2D eigenvalue weighted by atomic mass is 9.99. The Hall–Kier alpha value is -2.24. The van der Waals surface area contributed by atoms with Gasteiger partial charge in [0.1, 0.15) is 5.82 Å². The van der Waals surface area contributed by atoms with Crippen molar-refractivity contribution in [2.75, 3.05) is 32.8 Å². The van der Waals surface area contributed by atoms with Crippen molar-refractivity contribution >= 4 is 5.91 Å². The molecule has 0 spiro atoms. The number of amides is 1. The smallest absolute Gasteiger partial charge is 0.251 e. The first-order valence-corrected chi connectivity index (χ1v) is 9.63. The third kappa shape index (κ3) is 5.62. The summed E-state index contributed by atoms with van der Waals surface area (Å²) in [6.45, 7) is 3.88. The highest BCUT2D eigenvalue weighted by Gasteiger charge is 2.18. The van der Waals surface area contributed by atoms with Crippen LogP contribution in [-0.2, 0) is 0 Å². The molecule has 144 valence electrons.